The van der Waals surface area contributed by atoms with Gasteiger partial charge in [0.1, 0.15) is 0 Å². The number of benzene rings is 7. The summed E-state index contributed by atoms with van der Waals surface area (Å²) >= 11 is 0. The number of nitrogens with zero attached hydrogens (tertiary/aromatic N) is 1. The molecule has 3 saturated carbocycles. The zero-order chi connectivity index (χ0) is 38.1. The first-order valence-electron chi connectivity index (χ1n) is 21.9. The van der Waals surface area contributed by atoms with Crippen LogP contribution in [0, 0.1) is 11.8 Å². The Hall–Kier alpha value is -5.40. The SMILES string of the molecule is CC1(C)c2cc(N(c3ccc(C4CC5CCC4C5)cc3)c3ccccc3-c3ccccc3C3CCCCC3)ccc2-c2c(-c3cccc4ccccc34)cccc21. The van der Waals surface area contributed by atoms with E-state index in [1.54, 1.807) is 0 Å². The maximum atomic E-state index is 2.57. The van der Waals surface area contributed by atoms with Crippen molar-refractivity contribution >= 4 is 27.8 Å². The topological polar surface area (TPSA) is 3.24 Å². The van der Waals surface area contributed by atoms with Gasteiger partial charge in [0.2, 0.25) is 0 Å². The van der Waals surface area contributed by atoms with E-state index in [2.05, 4.69) is 170 Å². The number of para-hydroxylation sites is 1. The van der Waals surface area contributed by atoms with Crippen LogP contribution in [-0.4, -0.2) is 0 Å². The molecule has 57 heavy (non-hydrogen) atoms. The van der Waals surface area contributed by atoms with Gasteiger partial charge in [-0.25, -0.2) is 0 Å². The van der Waals surface area contributed by atoms with Crippen molar-refractivity contribution in [2.24, 2.45) is 11.8 Å². The Balaban J connectivity index is 1.07. The van der Waals surface area contributed by atoms with Crippen LogP contribution in [0.5, 0.6) is 0 Å². The van der Waals surface area contributed by atoms with Crippen LogP contribution < -0.4 is 4.90 Å². The van der Waals surface area contributed by atoms with E-state index in [-0.39, 0.29) is 5.41 Å². The van der Waals surface area contributed by atoms with Crippen molar-refractivity contribution in [1.82, 2.24) is 0 Å². The molecule has 7 aromatic carbocycles. The highest BCUT2D eigenvalue weighted by molar-refractivity contribution is 6.03. The van der Waals surface area contributed by atoms with Crippen molar-refractivity contribution in [1.29, 1.82) is 0 Å². The molecule has 0 radical (unpaired) electrons. The van der Waals surface area contributed by atoms with E-state index in [1.165, 1.54) is 141 Å². The van der Waals surface area contributed by atoms with Gasteiger partial charge in [-0.05, 0) is 147 Å². The molecule has 7 aromatic rings. The van der Waals surface area contributed by atoms with Gasteiger partial charge < -0.3 is 4.90 Å². The Kier molecular flexibility index (Phi) is 8.50. The molecule has 0 spiro atoms. The number of rotatable bonds is 7. The lowest BCUT2D eigenvalue weighted by Crippen LogP contribution is -2.17. The van der Waals surface area contributed by atoms with Gasteiger partial charge in [0.15, 0.2) is 0 Å². The second-order valence-corrected chi connectivity index (χ2v) is 18.3. The average Bonchev–Trinajstić information content (AvgIpc) is 3.97. The van der Waals surface area contributed by atoms with Gasteiger partial charge in [0.05, 0.1) is 5.69 Å². The lowest BCUT2D eigenvalue weighted by molar-refractivity contribution is 0.420. The standard InChI is InChI=1S/C56H53N/c1-56(2)52-24-13-23-49(47-22-12-17-39-16-6-7-18-45(39)47)55(52)50-33-32-43(36-53(50)56)57(42-30-28-40(29-31-42)51-35-37-26-27-41(51)34-37)54-25-11-10-21-48(54)46-20-9-8-19-44(46)38-14-4-3-5-15-38/h6-13,16-25,28-33,36-38,41,51H,3-5,14-15,26-27,34-35H2,1-2H3. The summed E-state index contributed by atoms with van der Waals surface area (Å²) < 4.78 is 0. The summed E-state index contributed by atoms with van der Waals surface area (Å²) in [6.45, 7) is 4.86. The van der Waals surface area contributed by atoms with Gasteiger partial charge in [-0.15, -0.1) is 0 Å². The number of fused-ring (bicyclic) bond motifs is 6. The minimum absolute atomic E-state index is 0.161. The van der Waals surface area contributed by atoms with Gasteiger partial charge in [0, 0.05) is 22.4 Å². The van der Waals surface area contributed by atoms with E-state index in [0.717, 1.165) is 17.8 Å². The molecule has 282 valence electrons. The maximum Gasteiger partial charge on any atom is 0.0540 e. The third kappa shape index (κ3) is 5.80. The molecule has 3 atom stereocenters. The minimum Gasteiger partial charge on any atom is -0.310 e. The normalized spacial score (nSPS) is 20.8. The van der Waals surface area contributed by atoms with Crippen LogP contribution in [0.4, 0.5) is 17.1 Å². The predicted octanol–water partition coefficient (Wildman–Crippen LogP) is 15.9. The van der Waals surface area contributed by atoms with E-state index < -0.39 is 0 Å². The molecule has 0 amide bonds. The lowest BCUT2D eigenvalue weighted by Gasteiger charge is -2.31. The van der Waals surface area contributed by atoms with Crippen molar-refractivity contribution in [3.8, 4) is 33.4 Å². The second kappa shape index (κ2) is 13.9. The summed E-state index contributed by atoms with van der Waals surface area (Å²) in [6, 6.07) is 58.2. The highest BCUT2D eigenvalue weighted by Gasteiger charge is 2.41. The van der Waals surface area contributed by atoms with Crippen molar-refractivity contribution in [3.05, 3.63) is 174 Å². The highest BCUT2D eigenvalue weighted by Crippen LogP contribution is 2.56. The maximum absolute atomic E-state index is 2.57. The molecule has 1 heteroatoms. The molecule has 4 aliphatic carbocycles. The van der Waals surface area contributed by atoms with E-state index >= 15 is 0 Å². The number of hydrogen-bond donors (Lipinski definition) is 0. The van der Waals surface area contributed by atoms with Gasteiger partial charge in [-0.2, -0.15) is 0 Å². The first-order chi connectivity index (χ1) is 28.0. The Labute approximate surface area is 339 Å². The van der Waals surface area contributed by atoms with Gasteiger partial charge in [0.25, 0.3) is 0 Å². The van der Waals surface area contributed by atoms with Crippen molar-refractivity contribution < 1.29 is 0 Å². The molecule has 0 aromatic heterocycles. The smallest absolute Gasteiger partial charge is 0.0540 e. The number of hydrogen-bond acceptors (Lipinski definition) is 1. The Morgan fingerprint density at radius 2 is 1.21 bits per heavy atom. The Bertz CT molecular complexity index is 2620. The summed E-state index contributed by atoms with van der Waals surface area (Å²) in [5, 5.41) is 2.59. The van der Waals surface area contributed by atoms with Gasteiger partial charge in [-0.3, -0.25) is 0 Å². The van der Waals surface area contributed by atoms with Crippen LogP contribution in [0.3, 0.4) is 0 Å². The zero-order valence-electron chi connectivity index (χ0n) is 33.6. The van der Waals surface area contributed by atoms with E-state index in [4.69, 9.17) is 0 Å². The molecule has 1 nitrogen and oxygen atoms in total. The number of anilines is 3. The first kappa shape index (κ1) is 34.8. The molecule has 0 heterocycles. The van der Waals surface area contributed by atoms with Crippen molar-refractivity contribution in [2.75, 3.05) is 4.90 Å². The van der Waals surface area contributed by atoms with Crippen LogP contribution in [0.2, 0.25) is 0 Å². The largest absolute Gasteiger partial charge is 0.310 e. The fourth-order valence-electron chi connectivity index (χ4n) is 12.0. The summed E-state index contributed by atoms with van der Waals surface area (Å²) in [4.78, 5) is 2.57. The van der Waals surface area contributed by atoms with Crippen LogP contribution >= 0.6 is 0 Å². The van der Waals surface area contributed by atoms with Crippen LogP contribution in [0.1, 0.15) is 106 Å². The first-order valence-corrected chi connectivity index (χ1v) is 21.9. The van der Waals surface area contributed by atoms with Gasteiger partial charge in [-0.1, -0.05) is 161 Å². The molecule has 11 rings (SSSR count). The molecule has 2 bridgehead atoms. The van der Waals surface area contributed by atoms with Crippen molar-refractivity contribution in [2.45, 2.75) is 88.9 Å². The summed E-state index contributed by atoms with van der Waals surface area (Å²) in [7, 11) is 0. The monoisotopic (exact) mass is 739 g/mol. The minimum atomic E-state index is -0.161. The van der Waals surface area contributed by atoms with Crippen LogP contribution in [0.15, 0.2) is 152 Å². The van der Waals surface area contributed by atoms with Crippen LogP contribution in [-0.2, 0) is 5.41 Å². The van der Waals surface area contributed by atoms with Crippen LogP contribution in [0.25, 0.3) is 44.2 Å². The third-order valence-corrected chi connectivity index (χ3v) is 14.8. The molecule has 4 aliphatic rings. The Morgan fingerprint density at radius 3 is 2.04 bits per heavy atom. The fraction of sp³-hybridized carbons (Fsp3) is 0.286. The van der Waals surface area contributed by atoms with Gasteiger partial charge >= 0.3 is 0 Å². The molecule has 3 unspecified atom stereocenters. The molecular weight excluding hydrogens is 687 g/mol. The van der Waals surface area contributed by atoms with E-state index in [9.17, 15) is 0 Å². The third-order valence-electron chi connectivity index (χ3n) is 14.8. The molecular formula is C56H53N. The zero-order valence-corrected chi connectivity index (χ0v) is 33.6. The average molecular weight is 740 g/mol. The predicted molar refractivity (Wildman–Crippen MR) is 241 cm³/mol. The fourth-order valence-corrected chi connectivity index (χ4v) is 12.0. The van der Waals surface area contributed by atoms with E-state index in [0.29, 0.717) is 5.92 Å². The molecule has 0 aliphatic heterocycles. The molecule has 0 saturated heterocycles. The lowest BCUT2D eigenvalue weighted by atomic mass is 9.80. The Morgan fingerprint density at radius 1 is 0.509 bits per heavy atom. The summed E-state index contributed by atoms with van der Waals surface area (Å²) in [6.07, 6.45) is 12.2. The quantitative estimate of drug-likeness (QED) is 0.157. The molecule has 3 fully saturated rings. The second-order valence-electron chi connectivity index (χ2n) is 18.3. The molecule has 0 N–H and O–H groups in total. The summed E-state index contributed by atoms with van der Waals surface area (Å²) in [5.74, 6) is 3.14. The van der Waals surface area contributed by atoms with E-state index in [1.807, 2.05) is 0 Å². The highest BCUT2D eigenvalue weighted by atomic mass is 15.1. The summed E-state index contributed by atoms with van der Waals surface area (Å²) in [5.41, 5.74) is 17.5. The van der Waals surface area contributed by atoms with Crippen molar-refractivity contribution in [3.63, 3.8) is 0 Å².